The number of carbonyl (C=O) groups is 1. The van der Waals surface area contributed by atoms with E-state index in [0.717, 1.165) is 31.3 Å². The third-order valence-corrected chi connectivity index (χ3v) is 9.76. The predicted octanol–water partition coefficient (Wildman–Crippen LogP) is 1.88. The first-order chi connectivity index (χ1) is 16.4. The second kappa shape index (κ2) is 14.1. The molecule has 0 radical (unpaired) electrons. The minimum atomic E-state index is -3.07. The molecule has 0 aromatic carbocycles. The molecule has 0 bridgehead atoms. The summed E-state index contributed by atoms with van der Waals surface area (Å²) in [6.45, 7) is 11.3. The average molecular weight is 535 g/mol. The largest absolute Gasteiger partial charge is 0.375 e. The summed E-state index contributed by atoms with van der Waals surface area (Å²) in [7, 11) is -6.09. The van der Waals surface area contributed by atoms with E-state index < -0.39 is 20.0 Å². The predicted molar refractivity (Wildman–Crippen MR) is 141 cm³/mol. The Morgan fingerprint density at radius 1 is 0.743 bits per heavy atom. The van der Waals surface area contributed by atoms with Gasteiger partial charge in [-0.05, 0) is 50.6 Å². The summed E-state index contributed by atoms with van der Waals surface area (Å²) in [4.78, 5) is 13.1. The van der Waals surface area contributed by atoms with Gasteiger partial charge in [0, 0.05) is 64.2 Å². The summed E-state index contributed by atoms with van der Waals surface area (Å²) in [6.07, 6.45) is 11.4. The van der Waals surface area contributed by atoms with Crippen molar-refractivity contribution in [2.24, 2.45) is 11.8 Å². The van der Waals surface area contributed by atoms with Crippen molar-refractivity contribution in [3.05, 3.63) is 11.8 Å². The van der Waals surface area contributed by atoms with Crippen LogP contribution in [-0.4, -0.2) is 101 Å². The molecule has 0 amide bonds. The van der Waals surface area contributed by atoms with Crippen LogP contribution in [0.5, 0.6) is 0 Å². The second-order valence-electron chi connectivity index (χ2n) is 10.4. The number of nitrogens with zero attached hydrogens (tertiary/aromatic N) is 3. The van der Waals surface area contributed by atoms with E-state index in [2.05, 4.69) is 30.1 Å². The highest BCUT2D eigenvalue weighted by Crippen LogP contribution is 2.23. The van der Waals surface area contributed by atoms with Gasteiger partial charge in [0.25, 0.3) is 0 Å². The lowest BCUT2D eigenvalue weighted by Gasteiger charge is -2.36. The van der Waals surface area contributed by atoms with Gasteiger partial charge in [-0.3, -0.25) is 4.79 Å². The quantitative estimate of drug-likeness (QED) is 0.589. The molecule has 0 unspecified atom stereocenters. The molecule has 1 N–H and O–H groups in total. The minimum absolute atomic E-state index is 0.157. The van der Waals surface area contributed by atoms with Crippen LogP contribution in [-0.2, 0) is 24.8 Å². The number of sulfonamides is 2. The summed E-state index contributed by atoms with van der Waals surface area (Å²) in [5.41, 5.74) is 1.34. The van der Waals surface area contributed by atoms with Gasteiger partial charge >= 0.3 is 0 Å². The topological polar surface area (TPSA) is 107 Å². The second-order valence-corrected chi connectivity index (χ2v) is 14.3. The summed E-state index contributed by atoms with van der Waals surface area (Å²) >= 11 is 0. The van der Waals surface area contributed by atoms with Crippen LogP contribution in [0.3, 0.4) is 0 Å². The third-order valence-electron chi connectivity index (χ3n) is 7.18. The van der Waals surface area contributed by atoms with E-state index in [1.54, 1.807) is 4.31 Å². The Balaban J connectivity index is 0.000000205. The fourth-order valence-corrected chi connectivity index (χ4v) is 6.17. The molecule has 4 rings (SSSR count). The average Bonchev–Trinajstić information content (AvgIpc) is 2.80. The van der Waals surface area contributed by atoms with Crippen molar-refractivity contribution in [3.8, 4) is 0 Å². The number of carbonyl (C=O) groups excluding carboxylic acids is 1. The molecule has 3 fully saturated rings. The molecule has 4 aliphatic heterocycles. The van der Waals surface area contributed by atoms with Crippen LogP contribution in [0.4, 0.5) is 0 Å². The van der Waals surface area contributed by atoms with Crippen molar-refractivity contribution >= 4 is 25.8 Å². The zero-order valence-electron chi connectivity index (χ0n) is 22.0. The van der Waals surface area contributed by atoms with Crippen molar-refractivity contribution in [2.75, 3.05) is 64.9 Å². The number of piperidine rings is 3. The number of hydrogen-bond acceptors (Lipinski definition) is 7. The maximum atomic E-state index is 11.4. The lowest BCUT2D eigenvalue weighted by Crippen LogP contribution is -2.39. The van der Waals surface area contributed by atoms with Crippen LogP contribution >= 0.6 is 0 Å². The molecule has 0 saturated carbocycles. The van der Waals surface area contributed by atoms with Crippen molar-refractivity contribution in [2.45, 2.75) is 58.8 Å². The normalized spacial score (nSPS) is 24.1. The summed E-state index contributed by atoms with van der Waals surface area (Å²) in [6, 6.07) is 0. The van der Waals surface area contributed by atoms with Crippen molar-refractivity contribution in [1.29, 1.82) is 0 Å². The monoisotopic (exact) mass is 534 g/mol. The summed E-state index contributed by atoms with van der Waals surface area (Å²) in [5.74, 6) is 1.97. The maximum absolute atomic E-state index is 11.4. The Bertz CT molecular complexity index is 896. The lowest BCUT2D eigenvalue weighted by atomic mass is 9.98. The number of nitrogens with one attached hydrogen (secondary N) is 1. The standard InChI is InChI=1S/C12H22N2O2S.C6H11NO3S.C6H13N/c1-11-3-7-13(8-4-11)12-5-9-14(10-6-12)17(2,15)16;1-11(9,10)7-4-2-6(8)3-5-7;1-6-2-4-7-5-3-6/h5,11H,3-4,6-10H2,1-2H3;2-5H2,1H3;6-7H,2-5H2,1H3. The first-order valence-corrected chi connectivity index (χ1v) is 16.6. The molecular formula is C24H46N4O5S2. The van der Waals surface area contributed by atoms with E-state index >= 15 is 0 Å². The van der Waals surface area contributed by atoms with Gasteiger partial charge in [-0.15, -0.1) is 0 Å². The molecular weight excluding hydrogens is 488 g/mol. The van der Waals surface area contributed by atoms with Gasteiger partial charge in [-0.2, -0.15) is 4.31 Å². The van der Waals surface area contributed by atoms with Crippen LogP contribution in [0.25, 0.3) is 0 Å². The zero-order valence-corrected chi connectivity index (χ0v) is 23.7. The van der Waals surface area contributed by atoms with Crippen LogP contribution < -0.4 is 5.32 Å². The molecule has 4 aliphatic rings. The molecule has 0 aromatic heterocycles. The fourth-order valence-electron chi connectivity index (χ4n) is 4.56. The highest BCUT2D eigenvalue weighted by atomic mass is 32.2. The first-order valence-electron chi connectivity index (χ1n) is 12.9. The molecule has 0 atom stereocenters. The summed E-state index contributed by atoms with van der Waals surface area (Å²) < 4.78 is 47.5. The number of likely N-dealkylation sites (tertiary alicyclic amines) is 1. The van der Waals surface area contributed by atoms with E-state index in [1.165, 1.54) is 61.3 Å². The Labute approximate surface area is 213 Å². The Hall–Kier alpha value is -1.01. The van der Waals surface area contributed by atoms with Gasteiger partial charge in [0.2, 0.25) is 20.0 Å². The Morgan fingerprint density at radius 2 is 1.23 bits per heavy atom. The fraction of sp³-hybridized carbons (Fsp3) is 0.875. The molecule has 204 valence electrons. The van der Waals surface area contributed by atoms with Gasteiger partial charge < -0.3 is 10.2 Å². The highest BCUT2D eigenvalue weighted by molar-refractivity contribution is 7.88. The van der Waals surface area contributed by atoms with Gasteiger partial charge in [0.1, 0.15) is 5.78 Å². The SMILES string of the molecule is CC1CCN(C2=CCN(S(C)(=O)=O)CC2)CC1.CC1CCNCC1.CS(=O)(=O)N1CCC(=O)CC1. The van der Waals surface area contributed by atoms with Gasteiger partial charge in [0.15, 0.2) is 0 Å². The number of ketones is 1. The third kappa shape index (κ3) is 11.3. The van der Waals surface area contributed by atoms with Crippen LogP contribution in [0.15, 0.2) is 11.8 Å². The molecule has 3 saturated heterocycles. The van der Waals surface area contributed by atoms with Crippen LogP contribution in [0, 0.1) is 11.8 Å². The van der Waals surface area contributed by atoms with Crippen molar-refractivity contribution < 1.29 is 21.6 Å². The number of hydrogen-bond donors (Lipinski definition) is 1. The molecule has 4 heterocycles. The van der Waals surface area contributed by atoms with E-state index in [0.29, 0.717) is 39.0 Å². The van der Waals surface area contributed by atoms with Crippen LogP contribution in [0.2, 0.25) is 0 Å². The smallest absolute Gasteiger partial charge is 0.211 e. The molecule has 11 heteroatoms. The number of rotatable bonds is 3. The minimum Gasteiger partial charge on any atom is -0.375 e. The molecule has 9 nitrogen and oxygen atoms in total. The zero-order chi connectivity index (χ0) is 26.1. The number of Topliss-reactive ketones (excluding diaryl/α,β-unsaturated/α-hetero) is 1. The van der Waals surface area contributed by atoms with E-state index in [9.17, 15) is 21.6 Å². The molecule has 0 spiro atoms. The van der Waals surface area contributed by atoms with Crippen LogP contribution in [0.1, 0.15) is 58.8 Å². The summed E-state index contributed by atoms with van der Waals surface area (Å²) in [5, 5.41) is 3.32. The van der Waals surface area contributed by atoms with Gasteiger partial charge in [0.05, 0.1) is 12.5 Å². The lowest BCUT2D eigenvalue weighted by molar-refractivity contribution is -0.120. The highest BCUT2D eigenvalue weighted by Gasteiger charge is 2.24. The van der Waals surface area contributed by atoms with Gasteiger partial charge in [-0.1, -0.05) is 19.9 Å². The van der Waals surface area contributed by atoms with E-state index in [1.807, 2.05) is 0 Å². The first kappa shape index (κ1) is 30.2. The molecule has 35 heavy (non-hydrogen) atoms. The Kier molecular flexibility index (Phi) is 12.1. The molecule has 0 aliphatic carbocycles. The Morgan fingerprint density at radius 3 is 1.63 bits per heavy atom. The van der Waals surface area contributed by atoms with E-state index in [4.69, 9.17) is 0 Å². The van der Waals surface area contributed by atoms with Crippen molar-refractivity contribution in [1.82, 2.24) is 18.8 Å². The maximum Gasteiger partial charge on any atom is 0.211 e. The molecule has 0 aromatic rings. The van der Waals surface area contributed by atoms with E-state index in [-0.39, 0.29) is 5.78 Å². The van der Waals surface area contributed by atoms with Crippen molar-refractivity contribution in [3.63, 3.8) is 0 Å². The van der Waals surface area contributed by atoms with Gasteiger partial charge in [-0.25, -0.2) is 21.1 Å².